The number of unbranched alkanes of at least 4 members (excludes halogenated alkanes) is 1. The largest absolute Gasteiger partial charge is 0.480 e. The van der Waals surface area contributed by atoms with Gasteiger partial charge in [0.25, 0.3) is 0 Å². The topological polar surface area (TPSA) is 74.7 Å². The highest BCUT2D eigenvalue weighted by atomic mass is 19.1. The van der Waals surface area contributed by atoms with Gasteiger partial charge < -0.3 is 15.2 Å². The van der Waals surface area contributed by atoms with Crippen LogP contribution >= 0.6 is 0 Å². The number of carboxylic acid groups (broad SMARTS) is 1. The fraction of sp³-hybridized carbons (Fsp3) is 0.600. The summed E-state index contributed by atoms with van der Waals surface area (Å²) in [6.07, 6.45) is 6.04. The summed E-state index contributed by atoms with van der Waals surface area (Å²) < 4.78 is 35.7. The number of aliphatic carboxylic acids is 1. The quantitative estimate of drug-likeness (QED) is 0.368. The number of ether oxygens (including phenoxy) is 1. The summed E-state index contributed by atoms with van der Waals surface area (Å²) in [5.74, 6) is -0.520. The number of benzene rings is 1. The highest BCUT2D eigenvalue weighted by molar-refractivity contribution is 5.76. The van der Waals surface area contributed by atoms with E-state index < -0.39 is 29.4 Å². The molecular formula is C30H39F2N3O3. The van der Waals surface area contributed by atoms with Crippen molar-refractivity contribution in [1.29, 1.82) is 0 Å². The minimum absolute atomic E-state index is 0.226. The standard InChI is InChI=1S/C30H39F2N3O3/c1-30(26(32)9-3-2-7-22-12-10-20-6-4-15-33-28(20)34-22)14-16-35(19-30)27(29(36)37)24-18-21(31)11-13-23(24)25-8-5-17-38-25/h10-13,18,25-27H,2-9,14-17,19H2,1H3,(H,33,34)(H,36,37)/t25?,26?,27?,30-/m1/s1. The molecule has 38 heavy (non-hydrogen) atoms. The molecule has 6 nitrogen and oxygen atoms in total. The van der Waals surface area contributed by atoms with Gasteiger partial charge in [0.1, 0.15) is 23.8 Å². The Balaban J connectivity index is 1.19. The molecule has 2 aromatic rings. The molecular weight excluding hydrogens is 488 g/mol. The van der Waals surface area contributed by atoms with Gasteiger partial charge in [-0.2, -0.15) is 0 Å². The van der Waals surface area contributed by atoms with Gasteiger partial charge in [0.15, 0.2) is 0 Å². The van der Waals surface area contributed by atoms with E-state index in [0.717, 1.165) is 68.6 Å². The molecule has 3 unspecified atom stereocenters. The first-order valence-electron chi connectivity index (χ1n) is 14.1. The third kappa shape index (κ3) is 5.86. The van der Waals surface area contributed by atoms with Crippen molar-refractivity contribution in [1.82, 2.24) is 9.88 Å². The summed E-state index contributed by atoms with van der Waals surface area (Å²) in [6, 6.07) is 7.54. The summed E-state index contributed by atoms with van der Waals surface area (Å²) >= 11 is 0. The van der Waals surface area contributed by atoms with E-state index in [1.165, 1.54) is 17.7 Å². The lowest BCUT2D eigenvalue weighted by molar-refractivity contribution is -0.143. The molecule has 3 aliphatic heterocycles. The van der Waals surface area contributed by atoms with Crippen LogP contribution in [0.1, 0.15) is 86.4 Å². The van der Waals surface area contributed by atoms with Gasteiger partial charge in [0.2, 0.25) is 0 Å². The van der Waals surface area contributed by atoms with Crippen molar-refractivity contribution < 1.29 is 23.4 Å². The van der Waals surface area contributed by atoms with E-state index in [1.54, 1.807) is 6.07 Å². The maximum absolute atomic E-state index is 15.6. The molecule has 1 aromatic heterocycles. The molecule has 0 bridgehead atoms. The Morgan fingerprint density at radius 1 is 1.29 bits per heavy atom. The van der Waals surface area contributed by atoms with Crippen LogP contribution in [0.15, 0.2) is 30.3 Å². The van der Waals surface area contributed by atoms with Crippen LogP contribution in [0.2, 0.25) is 0 Å². The zero-order valence-corrected chi connectivity index (χ0v) is 22.2. The third-order valence-corrected chi connectivity index (χ3v) is 8.60. The number of hydrogen-bond acceptors (Lipinski definition) is 5. The first-order chi connectivity index (χ1) is 18.3. The molecule has 2 saturated heterocycles. The van der Waals surface area contributed by atoms with E-state index in [2.05, 4.69) is 17.4 Å². The molecule has 206 valence electrons. The van der Waals surface area contributed by atoms with E-state index in [1.807, 2.05) is 11.8 Å². The molecule has 3 aliphatic rings. The third-order valence-electron chi connectivity index (χ3n) is 8.60. The molecule has 0 aliphatic carbocycles. The van der Waals surface area contributed by atoms with Gasteiger partial charge in [-0.05, 0) is 92.8 Å². The van der Waals surface area contributed by atoms with Gasteiger partial charge in [-0.25, -0.2) is 13.8 Å². The summed E-state index contributed by atoms with van der Waals surface area (Å²) in [5, 5.41) is 13.6. The van der Waals surface area contributed by atoms with Crippen LogP contribution < -0.4 is 5.32 Å². The second kappa shape index (κ2) is 11.7. The van der Waals surface area contributed by atoms with E-state index in [-0.39, 0.29) is 6.10 Å². The van der Waals surface area contributed by atoms with Crippen LogP contribution in [0, 0.1) is 11.2 Å². The highest BCUT2D eigenvalue weighted by Gasteiger charge is 2.45. The number of likely N-dealkylation sites (tertiary alicyclic amines) is 1. The fourth-order valence-corrected chi connectivity index (χ4v) is 6.37. The summed E-state index contributed by atoms with van der Waals surface area (Å²) in [6.45, 7) is 4.27. The number of aryl methyl sites for hydroxylation is 2. The summed E-state index contributed by atoms with van der Waals surface area (Å²) in [4.78, 5) is 19.0. The number of aromatic nitrogens is 1. The monoisotopic (exact) mass is 527 g/mol. The Morgan fingerprint density at radius 2 is 2.16 bits per heavy atom. The summed E-state index contributed by atoms with van der Waals surface area (Å²) in [7, 11) is 0. The maximum Gasteiger partial charge on any atom is 0.325 e. The van der Waals surface area contributed by atoms with Gasteiger partial charge in [-0.1, -0.05) is 25.5 Å². The van der Waals surface area contributed by atoms with E-state index >= 15 is 4.39 Å². The molecule has 4 atom stereocenters. The lowest BCUT2D eigenvalue weighted by Crippen LogP contribution is -2.37. The molecule has 2 N–H and O–H groups in total. The number of carboxylic acids is 1. The fourth-order valence-electron chi connectivity index (χ4n) is 6.37. The Bertz CT molecular complexity index is 1140. The van der Waals surface area contributed by atoms with Crippen molar-refractivity contribution in [2.75, 3.05) is 31.6 Å². The van der Waals surface area contributed by atoms with Crippen LogP contribution in [-0.4, -0.2) is 53.4 Å². The SMILES string of the molecule is C[C@@]1(C(F)CCCCc2ccc3c(n2)NCCC3)CCN(C(C(=O)O)c2cc(F)ccc2C2CCCO2)C1. The minimum Gasteiger partial charge on any atom is -0.480 e. The lowest BCUT2D eigenvalue weighted by atomic mass is 9.82. The highest BCUT2D eigenvalue weighted by Crippen LogP contribution is 2.43. The van der Waals surface area contributed by atoms with Gasteiger partial charge in [-0.15, -0.1) is 0 Å². The first-order valence-corrected chi connectivity index (χ1v) is 14.1. The Morgan fingerprint density at radius 3 is 2.95 bits per heavy atom. The van der Waals surface area contributed by atoms with Crippen molar-refractivity contribution in [3.8, 4) is 0 Å². The number of fused-ring (bicyclic) bond motifs is 1. The second-order valence-electron chi connectivity index (χ2n) is 11.4. The lowest BCUT2D eigenvalue weighted by Gasteiger charge is -2.32. The van der Waals surface area contributed by atoms with Gasteiger partial charge in [0.05, 0.1) is 6.10 Å². The molecule has 0 spiro atoms. The molecule has 4 heterocycles. The van der Waals surface area contributed by atoms with Crippen LogP contribution in [0.4, 0.5) is 14.6 Å². The average molecular weight is 528 g/mol. The smallest absolute Gasteiger partial charge is 0.325 e. The van der Waals surface area contributed by atoms with Crippen molar-refractivity contribution in [2.45, 2.75) is 83.0 Å². The molecule has 2 fully saturated rings. The van der Waals surface area contributed by atoms with Crippen molar-refractivity contribution in [3.63, 3.8) is 0 Å². The number of anilines is 1. The van der Waals surface area contributed by atoms with E-state index in [9.17, 15) is 14.3 Å². The number of nitrogens with one attached hydrogen (secondary N) is 1. The molecule has 8 heteroatoms. The normalized spacial score (nSPS) is 25.1. The predicted molar refractivity (Wildman–Crippen MR) is 142 cm³/mol. The number of halogens is 2. The van der Waals surface area contributed by atoms with Crippen LogP contribution in [0.3, 0.4) is 0 Å². The minimum atomic E-state index is -1.04. The Hall–Kier alpha value is -2.58. The van der Waals surface area contributed by atoms with E-state index in [4.69, 9.17) is 9.72 Å². The van der Waals surface area contributed by atoms with Crippen molar-refractivity contribution in [2.24, 2.45) is 5.41 Å². The summed E-state index contributed by atoms with van der Waals surface area (Å²) in [5.41, 5.74) is 2.82. The predicted octanol–water partition coefficient (Wildman–Crippen LogP) is 6.02. The number of pyridine rings is 1. The first kappa shape index (κ1) is 27.0. The maximum atomic E-state index is 15.6. The van der Waals surface area contributed by atoms with Crippen LogP contribution in [0.25, 0.3) is 0 Å². The second-order valence-corrected chi connectivity index (χ2v) is 11.4. The van der Waals surface area contributed by atoms with Gasteiger partial charge >= 0.3 is 5.97 Å². The molecule has 0 saturated carbocycles. The van der Waals surface area contributed by atoms with E-state index in [0.29, 0.717) is 38.1 Å². The molecule has 0 radical (unpaired) electrons. The molecule has 0 amide bonds. The number of rotatable bonds is 10. The molecule has 1 aromatic carbocycles. The number of carbonyl (C=O) groups is 1. The van der Waals surface area contributed by atoms with Gasteiger partial charge in [-0.3, -0.25) is 9.69 Å². The van der Waals surface area contributed by atoms with Crippen LogP contribution in [-0.2, 0) is 22.4 Å². The number of hydrogen-bond donors (Lipinski definition) is 2. The van der Waals surface area contributed by atoms with Crippen molar-refractivity contribution in [3.05, 3.63) is 58.5 Å². The van der Waals surface area contributed by atoms with Crippen LogP contribution in [0.5, 0.6) is 0 Å². The zero-order valence-electron chi connectivity index (χ0n) is 22.2. The number of alkyl halides is 1. The Kier molecular flexibility index (Phi) is 8.29. The number of nitrogens with zero attached hydrogens (tertiary/aromatic N) is 2. The van der Waals surface area contributed by atoms with Gasteiger partial charge in [0, 0.05) is 30.8 Å². The Labute approximate surface area is 223 Å². The molecule has 5 rings (SSSR count). The van der Waals surface area contributed by atoms with Crippen molar-refractivity contribution >= 4 is 11.8 Å². The zero-order chi connectivity index (χ0) is 26.7. The average Bonchev–Trinajstić information content (AvgIpc) is 3.58.